The molecular weight excluding hydrogens is 286 g/mol. The Balaban J connectivity index is 2.05. The predicted octanol–water partition coefficient (Wildman–Crippen LogP) is 1.41. The molecule has 0 unspecified atom stereocenters. The van der Waals surface area contributed by atoms with Gasteiger partial charge >= 0.3 is 5.97 Å². The number of hydrogen-bond acceptors (Lipinski definition) is 6. The number of carbonyl (C=O) groups is 1. The third-order valence-electron chi connectivity index (χ3n) is 2.46. The van der Waals surface area contributed by atoms with E-state index in [0.717, 1.165) is 10.9 Å². The van der Waals surface area contributed by atoms with Crippen LogP contribution in [0.15, 0.2) is 30.3 Å². The van der Waals surface area contributed by atoms with E-state index in [1.165, 1.54) is 0 Å². The Bertz CT molecular complexity index is 804. The summed E-state index contributed by atoms with van der Waals surface area (Å²) in [5, 5.41) is 23.8. The van der Waals surface area contributed by atoms with E-state index in [1.807, 2.05) is 0 Å². The smallest absolute Gasteiger partial charge is 0.341 e. The van der Waals surface area contributed by atoms with Gasteiger partial charge in [-0.3, -0.25) is 0 Å². The second-order valence-corrected chi connectivity index (χ2v) is 4.12. The summed E-state index contributed by atoms with van der Waals surface area (Å²) in [4.78, 5) is 17.5. The summed E-state index contributed by atoms with van der Waals surface area (Å²) in [6, 6.07) is 8.18. The fourth-order valence-electron chi connectivity index (χ4n) is 1.57. The molecule has 0 aliphatic rings. The minimum absolute atomic E-state index is 0.0433. The number of carboxylic acid groups (broad SMARTS) is 1. The summed E-state index contributed by atoms with van der Waals surface area (Å²) >= 11 is 5.61. The van der Waals surface area contributed by atoms with Gasteiger partial charge in [0.25, 0.3) is 5.88 Å². The van der Waals surface area contributed by atoms with Crippen molar-refractivity contribution in [3.05, 3.63) is 41.0 Å². The molecule has 2 heterocycles. The first kappa shape index (κ1) is 12.3. The first-order chi connectivity index (χ1) is 9.65. The van der Waals surface area contributed by atoms with Crippen LogP contribution in [0.3, 0.4) is 0 Å². The molecule has 0 atom stereocenters. The molecule has 9 heteroatoms. The van der Waals surface area contributed by atoms with Gasteiger partial charge < -0.3 is 9.94 Å². The molecule has 2 aromatic heterocycles. The maximum atomic E-state index is 11.1. The molecule has 0 bridgehead atoms. The molecule has 3 rings (SSSR count). The van der Waals surface area contributed by atoms with E-state index in [0.29, 0.717) is 11.0 Å². The highest BCUT2D eigenvalue weighted by atomic mass is 35.5. The Morgan fingerprint density at radius 1 is 1.25 bits per heavy atom. The van der Waals surface area contributed by atoms with Crippen LogP contribution in [-0.2, 0) is 0 Å². The van der Waals surface area contributed by atoms with Crippen molar-refractivity contribution in [2.45, 2.75) is 0 Å². The van der Waals surface area contributed by atoms with E-state index >= 15 is 0 Å². The van der Waals surface area contributed by atoms with Crippen LogP contribution in [0.4, 0.5) is 0 Å². The average Bonchev–Trinajstić information content (AvgIpc) is 2.84. The number of halogens is 1. The van der Waals surface area contributed by atoms with Crippen LogP contribution < -0.4 is 4.84 Å². The van der Waals surface area contributed by atoms with Crippen molar-refractivity contribution in [1.82, 2.24) is 25.4 Å². The van der Waals surface area contributed by atoms with Gasteiger partial charge in [0, 0.05) is 0 Å². The van der Waals surface area contributed by atoms with Gasteiger partial charge in [0.15, 0.2) is 5.15 Å². The maximum Gasteiger partial charge on any atom is 0.341 e. The second kappa shape index (κ2) is 4.74. The Hall–Kier alpha value is -2.74. The number of para-hydroxylation sites is 1. The van der Waals surface area contributed by atoms with E-state index in [9.17, 15) is 4.79 Å². The van der Waals surface area contributed by atoms with Crippen LogP contribution in [-0.4, -0.2) is 36.4 Å². The highest BCUT2D eigenvalue weighted by molar-refractivity contribution is 6.29. The number of aromatic carboxylic acids is 1. The molecule has 0 amide bonds. The number of benzene rings is 1. The first-order valence-electron chi connectivity index (χ1n) is 5.40. The molecule has 0 fully saturated rings. The second-order valence-electron chi connectivity index (χ2n) is 3.73. The van der Waals surface area contributed by atoms with E-state index in [-0.39, 0.29) is 16.6 Å². The van der Waals surface area contributed by atoms with Crippen LogP contribution in [0, 0.1) is 0 Å². The quantitative estimate of drug-likeness (QED) is 0.778. The van der Waals surface area contributed by atoms with Gasteiger partial charge in [0.2, 0.25) is 0 Å². The van der Waals surface area contributed by atoms with Crippen molar-refractivity contribution < 1.29 is 14.7 Å². The van der Waals surface area contributed by atoms with Gasteiger partial charge in [-0.1, -0.05) is 28.6 Å². The molecule has 0 spiro atoms. The van der Waals surface area contributed by atoms with Crippen molar-refractivity contribution in [2.75, 3.05) is 0 Å². The van der Waals surface area contributed by atoms with Gasteiger partial charge in [-0.15, -0.1) is 15.3 Å². The minimum atomic E-state index is -1.23. The minimum Gasteiger partial charge on any atom is -0.477 e. The normalized spacial score (nSPS) is 10.7. The number of fused-ring (bicyclic) bond motifs is 1. The maximum absolute atomic E-state index is 11.1. The van der Waals surface area contributed by atoms with Crippen molar-refractivity contribution in [3.8, 4) is 5.88 Å². The average molecular weight is 292 g/mol. The van der Waals surface area contributed by atoms with Crippen LogP contribution in [0.5, 0.6) is 5.88 Å². The highest BCUT2D eigenvalue weighted by Crippen LogP contribution is 2.19. The molecule has 3 aromatic rings. The zero-order valence-electron chi connectivity index (χ0n) is 9.76. The fourth-order valence-corrected chi connectivity index (χ4v) is 1.72. The summed E-state index contributed by atoms with van der Waals surface area (Å²) in [5.41, 5.74) is 0.955. The number of carboxylic acids is 1. The predicted molar refractivity (Wildman–Crippen MR) is 67.6 cm³/mol. The van der Waals surface area contributed by atoms with Gasteiger partial charge in [0.1, 0.15) is 16.6 Å². The molecule has 20 heavy (non-hydrogen) atoms. The number of rotatable bonds is 3. The Morgan fingerprint density at radius 3 is 2.85 bits per heavy atom. The third kappa shape index (κ3) is 2.12. The highest BCUT2D eigenvalue weighted by Gasteiger charge is 2.17. The zero-order valence-corrected chi connectivity index (χ0v) is 10.5. The van der Waals surface area contributed by atoms with Crippen molar-refractivity contribution in [3.63, 3.8) is 0 Å². The molecular formula is C11H6ClN5O3. The number of nitrogens with zero attached hydrogens (tertiary/aromatic N) is 5. The van der Waals surface area contributed by atoms with Gasteiger partial charge in [-0.05, 0) is 23.4 Å². The van der Waals surface area contributed by atoms with E-state index < -0.39 is 5.97 Å². The molecule has 1 N–H and O–H groups in total. The molecule has 100 valence electrons. The lowest BCUT2D eigenvalue weighted by Crippen LogP contribution is -2.13. The van der Waals surface area contributed by atoms with Gasteiger partial charge in [0.05, 0.1) is 0 Å². The SMILES string of the molecule is O=C(O)c1cc(Cl)nnc1On1nnc2ccccc21. The van der Waals surface area contributed by atoms with Gasteiger partial charge in [-0.2, -0.15) is 0 Å². The number of aromatic nitrogens is 5. The Morgan fingerprint density at radius 2 is 2.05 bits per heavy atom. The fraction of sp³-hybridized carbons (Fsp3) is 0. The monoisotopic (exact) mass is 291 g/mol. The van der Waals surface area contributed by atoms with Crippen molar-refractivity contribution in [2.24, 2.45) is 0 Å². The van der Waals surface area contributed by atoms with Crippen LogP contribution in [0.2, 0.25) is 5.15 Å². The van der Waals surface area contributed by atoms with Crippen LogP contribution in [0.1, 0.15) is 10.4 Å². The molecule has 0 radical (unpaired) electrons. The van der Waals surface area contributed by atoms with E-state index in [4.69, 9.17) is 21.5 Å². The Labute approximate surface area is 116 Å². The Kier molecular flexibility index (Phi) is 2.92. The standard InChI is InChI=1S/C11H6ClN5O3/c12-9-5-6(11(18)19)10(15-14-9)20-17-8-4-2-1-3-7(8)13-16-17/h1-5H,(H,18,19). The van der Waals surface area contributed by atoms with Crippen molar-refractivity contribution >= 4 is 28.6 Å². The van der Waals surface area contributed by atoms with Crippen LogP contribution in [0.25, 0.3) is 11.0 Å². The number of hydrogen-bond donors (Lipinski definition) is 1. The van der Waals surface area contributed by atoms with Gasteiger partial charge in [-0.25, -0.2) is 4.79 Å². The molecule has 0 aliphatic carbocycles. The molecule has 0 saturated carbocycles. The lowest BCUT2D eigenvalue weighted by Gasteiger charge is -2.05. The summed E-state index contributed by atoms with van der Waals surface area (Å²) in [6.07, 6.45) is 0. The molecule has 0 saturated heterocycles. The zero-order chi connectivity index (χ0) is 14.1. The molecule has 8 nitrogen and oxygen atoms in total. The molecule has 0 aliphatic heterocycles. The lowest BCUT2D eigenvalue weighted by atomic mass is 10.3. The summed E-state index contributed by atoms with van der Waals surface area (Å²) in [7, 11) is 0. The van der Waals surface area contributed by atoms with Crippen LogP contribution >= 0.6 is 11.6 Å². The summed E-state index contributed by atoms with van der Waals surface area (Å²) < 4.78 is 0. The largest absolute Gasteiger partial charge is 0.477 e. The summed E-state index contributed by atoms with van der Waals surface area (Å²) in [5.74, 6) is -1.46. The molecule has 1 aromatic carbocycles. The van der Waals surface area contributed by atoms with E-state index in [1.54, 1.807) is 24.3 Å². The lowest BCUT2D eigenvalue weighted by molar-refractivity contribution is 0.0684. The van der Waals surface area contributed by atoms with Crippen molar-refractivity contribution in [1.29, 1.82) is 0 Å². The third-order valence-corrected chi connectivity index (χ3v) is 2.64. The topological polar surface area (TPSA) is 103 Å². The first-order valence-corrected chi connectivity index (χ1v) is 5.78. The summed E-state index contributed by atoms with van der Waals surface area (Å²) in [6.45, 7) is 0. The van der Waals surface area contributed by atoms with E-state index in [2.05, 4.69) is 20.5 Å².